The number of benzene rings is 1. The van der Waals surface area contributed by atoms with Crippen LogP contribution in [0, 0.1) is 50.2 Å². The molecular weight excluding hydrogens is 1320 g/mol. The summed E-state index contributed by atoms with van der Waals surface area (Å²) in [5.74, 6) is 2.62. The molecule has 1 aromatic carbocycles. The largest absolute Gasteiger partial charge is 0.387 e. The second-order valence-corrected chi connectivity index (χ2v) is 45.0. The number of rotatable bonds is 6. The Hall–Kier alpha value is -2.27. The van der Waals surface area contributed by atoms with Crippen LogP contribution in [0.25, 0.3) is 0 Å². The number of hydrogen-bond acceptors (Lipinski definition) is 13. The molecular formula is C88H166F2N6O5S2. The van der Waals surface area contributed by atoms with Crippen LogP contribution in [0.2, 0.25) is 0 Å². The summed E-state index contributed by atoms with van der Waals surface area (Å²) in [7, 11) is 0. The van der Waals surface area contributed by atoms with Crippen molar-refractivity contribution in [3.8, 4) is 0 Å². The van der Waals surface area contributed by atoms with E-state index in [2.05, 4.69) is 218 Å². The molecule has 9 atom stereocenters. The van der Waals surface area contributed by atoms with Crippen LogP contribution in [0.15, 0.2) is 29.4 Å². The molecule has 6 fully saturated rings. The van der Waals surface area contributed by atoms with Crippen molar-refractivity contribution in [2.24, 2.45) is 55.4 Å². The van der Waals surface area contributed by atoms with Gasteiger partial charge in [-0.05, 0) is 194 Å². The standard InChI is InChI=1S/C22H35N.C16H28N2O2.C16H29NOS2.C16H31NO.C13H23F2NO.5CH4/c1-16(20(2,3)4)19-14-22(15-23(19)21(5,6)7)12-17-10-8-9-11-18(17)13-22;1-11-8-16(20-17-11)9-12(13(19)14(2,3)4)18(10-16)15(5,6)7;1-14(2,3)13(18)12-10-16(19-8-7-9-20-16)11-17(12)15(4,5)6;1-9-12-11(2)10-17(16(6,7)8)13(12)14(18)15(3,4)5;1-11(2,3)10(17)9-7-13(14,15)8-16(9)12(4,5)6;;;;;/h8-11,16,19H,12-15H2,1-7H3;12H,8-10H2,1-7H3;12H,7-11H2,1-6H3;11-13H,9-10H2,1-8H3;9H,7-8H2,1-6H3;5*1H4. The summed E-state index contributed by atoms with van der Waals surface area (Å²) >= 11 is 4.19. The van der Waals surface area contributed by atoms with Crippen molar-refractivity contribution >= 4 is 52.4 Å². The number of fused-ring (bicyclic) bond motifs is 1. The molecule has 11 nitrogen and oxygen atoms in total. The zero-order valence-corrected chi connectivity index (χ0v) is 70.7. The normalized spacial score (nSPS) is 27.0. The quantitative estimate of drug-likeness (QED) is 0.271. The predicted octanol–water partition coefficient (Wildman–Crippen LogP) is 22.4. The van der Waals surface area contributed by atoms with Gasteiger partial charge in [-0.3, -0.25) is 43.7 Å². The number of oxime groups is 1. The lowest BCUT2D eigenvalue weighted by Gasteiger charge is -2.43. The first-order valence-corrected chi connectivity index (χ1v) is 39.8. The maximum atomic E-state index is 13.5. The van der Waals surface area contributed by atoms with Gasteiger partial charge in [-0.15, -0.1) is 23.5 Å². The van der Waals surface area contributed by atoms with Crippen LogP contribution in [-0.2, 0) is 36.9 Å². The molecule has 0 saturated carbocycles. The lowest BCUT2D eigenvalue weighted by molar-refractivity contribution is -0.134. The highest BCUT2D eigenvalue weighted by atomic mass is 32.2. The maximum Gasteiger partial charge on any atom is 0.262 e. The first-order valence-electron chi connectivity index (χ1n) is 37.8. The number of likely N-dealkylation sites (tertiary alicyclic amines) is 5. The average molecular weight is 1490 g/mol. The maximum absolute atomic E-state index is 13.5. The molecule has 3 spiro atoms. The van der Waals surface area contributed by atoms with Crippen molar-refractivity contribution in [2.75, 3.05) is 44.2 Å². The number of halogens is 2. The van der Waals surface area contributed by atoms with E-state index in [4.69, 9.17) is 4.84 Å². The van der Waals surface area contributed by atoms with Gasteiger partial charge in [0.2, 0.25) is 0 Å². The first-order chi connectivity index (χ1) is 43.9. The molecule has 0 aromatic heterocycles. The fourth-order valence-electron chi connectivity index (χ4n) is 16.7. The minimum absolute atomic E-state index is 0. The molecule has 7 aliphatic heterocycles. The Labute approximate surface area is 644 Å². The molecule has 8 aliphatic rings. The third-order valence-electron chi connectivity index (χ3n) is 22.6. The van der Waals surface area contributed by atoms with Gasteiger partial charge in [0.1, 0.15) is 0 Å². The number of nitrogens with zero attached hydrogens (tertiary/aromatic N) is 6. The molecule has 1 aromatic rings. The van der Waals surface area contributed by atoms with Crippen LogP contribution >= 0.6 is 23.5 Å². The topological polar surface area (TPSA) is 106 Å². The summed E-state index contributed by atoms with van der Waals surface area (Å²) in [6.07, 6.45) is 8.60. The van der Waals surface area contributed by atoms with Gasteiger partial charge in [-0.2, -0.15) is 0 Å². The Morgan fingerprint density at radius 3 is 1.25 bits per heavy atom. The van der Waals surface area contributed by atoms with Gasteiger partial charge in [0, 0.05) is 101 Å². The number of alkyl halides is 2. The first kappa shape index (κ1) is 101. The van der Waals surface area contributed by atoms with Crippen molar-refractivity contribution in [1.82, 2.24) is 24.5 Å². The van der Waals surface area contributed by atoms with E-state index in [1.54, 1.807) is 36.8 Å². The monoisotopic (exact) mass is 1490 g/mol. The van der Waals surface area contributed by atoms with Gasteiger partial charge < -0.3 is 4.84 Å². The van der Waals surface area contributed by atoms with E-state index < -0.39 is 22.9 Å². The Balaban J connectivity index is 0.00000125. The molecule has 1 aliphatic carbocycles. The van der Waals surface area contributed by atoms with Crippen LogP contribution in [0.3, 0.4) is 0 Å². The van der Waals surface area contributed by atoms with Crippen molar-refractivity contribution in [3.63, 3.8) is 0 Å². The Morgan fingerprint density at radius 2 is 0.893 bits per heavy atom. The smallest absolute Gasteiger partial charge is 0.262 e. The van der Waals surface area contributed by atoms with Gasteiger partial charge in [-0.25, -0.2) is 8.78 Å². The number of carbonyl (C=O) groups excluding carboxylic acids is 4. The van der Waals surface area contributed by atoms with Gasteiger partial charge in [0.05, 0.1) is 40.5 Å². The SMILES string of the molecule is C.C.C.C.C.CC(C)(C)C(=O)C1CC(F)(F)CN1C(C)(C)C.CC(C)(C)C(=O)C1CC2(CN1C(C)(C)C)SCCCS2.CC(C1CC2(Cc3ccccc3C2)CN1C(C)(C)C)C(C)(C)C.CC1=NOC2(C1)CC(C(=O)C(C)(C)C)N(C(C)(C)C)C2.CCC1C(C)CN(C(C)(C)C)C1C(=O)C(C)(C)C. The Kier molecular flexibility index (Phi) is 34.6. The predicted molar refractivity (Wildman–Crippen MR) is 448 cm³/mol. The molecule has 0 bridgehead atoms. The fourth-order valence-corrected chi connectivity index (χ4v) is 20.1. The summed E-state index contributed by atoms with van der Waals surface area (Å²) in [5.41, 5.74) is 3.33. The van der Waals surface area contributed by atoms with Gasteiger partial charge >= 0.3 is 0 Å². The highest BCUT2D eigenvalue weighted by Gasteiger charge is 2.58. The summed E-state index contributed by atoms with van der Waals surface area (Å²) in [6.45, 7) is 76.4. The van der Waals surface area contributed by atoms with Crippen LogP contribution in [0.4, 0.5) is 8.78 Å². The molecule has 0 amide bonds. The number of thioether (sulfide) groups is 2. The Bertz CT molecular complexity index is 2840. The van der Waals surface area contributed by atoms with Crippen molar-refractivity contribution in [3.05, 3.63) is 35.4 Å². The van der Waals surface area contributed by atoms with Crippen molar-refractivity contribution < 1.29 is 32.8 Å². The lowest BCUT2D eigenvalue weighted by Crippen LogP contribution is -2.52. The van der Waals surface area contributed by atoms with E-state index >= 15 is 0 Å². The summed E-state index contributed by atoms with van der Waals surface area (Å²) in [6, 6.07) is 9.29. The van der Waals surface area contributed by atoms with E-state index in [0.717, 1.165) is 51.0 Å². The number of Topliss-reactive ketones (excluding diaryl/α,β-unsaturated/α-hetero) is 4. The lowest BCUT2D eigenvalue weighted by atomic mass is 9.73. The third-order valence-corrected chi connectivity index (χ3v) is 25.9. The van der Waals surface area contributed by atoms with Crippen LogP contribution in [0.1, 0.15) is 329 Å². The van der Waals surface area contributed by atoms with Gasteiger partial charge in [0.25, 0.3) is 5.92 Å². The molecule has 9 rings (SSSR count). The van der Waals surface area contributed by atoms with Crippen LogP contribution in [-0.4, -0.2) is 171 Å². The van der Waals surface area contributed by atoms with Crippen LogP contribution < -0.4 is 0 Å². The van der Waals surface area contributed by atoms with Crippen molar-refractivity contribution in [2.45, 2.75) is 404 Å². The van der Waals surface area contributed by atoms with Crippen LogP contribution in [0.5, 0.6) is 0 Å². The molecule has 15 heteroatoms. The third kappa shape index (κ3) is 25.4. The molecule has 103 heavy (non-hydrogen) atoms. The second-order valence-electron chi connectivity index (χ2n) is 41.8. The summed E-state index contributed by atoms with van der Waals surface area (Å²) in [4.78, 5) is 68.1. The molecule has 0 N–H and O–H groups in total. The fraction of sp³-hybridized carbons (Fsp3) is 0.875. The summed E-state index contributed by atoms with van der Waals surface area (Å²) in [5, 5.41) is 4.12. The van der Waals surface area contributed by atoms with Gasteiger partial charge in [0.15, 0.2) is 28.7 Å². The molecule has 0 radical (unpaired) electrons. The molecule has 604 valence electrons. The molecule has 7 heterocycles. The van der Waals surface area contributed by atoms with E-state index in [0.29, 0.717) is 52.0 Å². The minimum atomic E-state index is -2.75. The highest BCUT2D eigenvalue weighted by Crippen LogP contribution is 2.54. The van der Waals surface area contributed by atoms with E-state index in [9.17, 15) is 28.0 Å². The van der Waals surface area contributed by atoms with E-state index in [1.807, 2.05) is 69.2 Å². The average Bonchev–Trinajstić information content (AvgIpc) is 1.60. The summed E-state index contributed by atoms with van der Waals surface area (Å²) < 4.78 is 27.3. The highest BCUT2D eigenvalue weighted by molar-refractivity contribution is 8.18. The number of hydrogen-bond donors (Lipinski definition) is 0. The number of ketones is 4. The minimum Gasteiger partial charge on any atom is -0.387 e. The zero-order valence-electron chi connectivity index (χ0n) is 69.0. The molecule has 9 unspecified atom stereocenters. The Morgan fingerprint density at radius 1 is 0.515 bits per heavy atom. The second kappa shape index (κ2) is 35.4. The molecule has 6 saturated heterocycles. The zero-order chi connectivity index (χ0) is 75.5. The number of carbonyl (C=O) groups is 4. The van der Waals surface area contributed by atoms with Gasteiger partial charge in [-0.1, -0.05) is 198 Å². The van der Waals surface area contributed by atoms with E-state index in [1.165, 1.54) is 43.7 Å². The van der Waals surface area contributed by atoms with Crippen molar-refractivity contribution in [1.29, 1.82) is 0 Å². The van der Waals surface area contributed by atoms with E-state index in [-0.39, 0.29) is 122 Å².